The van der Waals surface area contributed by atoms with Gasteiger partial charge in [0, 0.05) is 56.4 Å². The molecule has 7 nitrogen and oxygen atoms in total. The van der Waals surface area contributed by atoms with E-state index < -0.39 is 0 Å². The van der Waals surface area contributed by atoms with Crippen LogP contribution < -0.4 is 4.90 Å². The lowest BCUT2D eigenvalue weighted by molar-refractivity contribution is 0.0674. The van der Waals surface area contributed by atoms with Crippen molar-refractivity contribution in [2.24, 2.45) is 7.05 Å². The van der Waals surface area contributed by atoms with Crippen molar-refractivity contribution in [3.63, 3.8) is 0 Å². The van der Waals surface area contributed by atoms with E-state index in [1.165, 1.54) is 11.5 Å². The maximum atomic E-state index is 12.6. The van der Waals surface area contributed by atoms with Gasteiger partial charge in [-0.2, -0.15) is 9.47 Å². The van der Waals surface area contributed by atoms with Crippen molar-refractivity contribution in [3.05, 3.63) is 23.8 Å². The fourth-order valence-corrected chi connectivity index (χ4v) is 3.56. The summed E-state index contributed by atoms with van der Waals surface area (Å²) in [5.41, 5.74) is 0.644. The second-order valence-electron chi connectivity index (χ2n) is 6.29. The number of carbonyl (C=O) groups is 1. The van der Waals surface area contributed by atoms with Crippen molar-refractivity contribution in [2.75, 3.05) is 24.5 Å². The normalized spacial score (nSPS) is 18.7. The zero-order chi connectivity index (χ0) is 16.6. The van der Waals surface area contributed by atoms with Crippen LogP contribution in [0.25, 0.3) is 0 Å². The molecule has 0 bridgehead atoms. The number of amides is 1. The summed E-state index contributed by atoms with van der Waals surface area (Å²) in [5, 5.41) is 5.03. The maximum absolute atomic E-state index is 12.6. The lowest BCUT2D eigenvalue weighted by atomic mass is 10.1. The number of nitrogens with zero attached hydrogens (tertiary/aromatic N) is 6. The van der Waals surface area contributed by atoms with Gasteiger partial charge in [-0.25, -0.2) is 4.98 Å². The molecule has 23 heavy (non-hydrogen) atoms. The Hall–Kier alpha value is -1.96. The minimum atomic E-state index is 0.0467. The molecule has 8 heteroatoms. The predicted molar refractivity (Wildman–Crippen MR) is 89.9 cm³/mol. The molecule has 1 amide bonds. The summed E-state index contributed by atoms with van der Waals surface area (Å²) in [4.78, 5) is 21.3. The van der Waals surface area contributed by atoms with E-state index >= 15 is 0 Å². The van der Waals surface area contributed by atoms with Crippen LogP contribution in [0, 0.1) is 0 Å². The lowest BCUT2D eigenvalue weighted by Gasteiger charge is -2.39. The molecule has 1 saturated heterocycles. The first kappa shape index (κ1) is 15.9. The van der Waals surface area contributed by atoms with Crippen molar-refractivity contribution < 1.29 is 4.79 Å². The Morgan fingerprint density at radius 1 is 1.39 bits per heavy atom. The Morgan fingerprint density at radius 3 is 2.74 bits per heavy atom. The number of rotatable bonds is 3. The average Bonchev–Trinajstić information content (AvgIpc) is 3.15. The van der Waals surface area contributed by atoms with E-state index in [9.17, 15) is 4.79 Å². The van der Waals surface area contributed by atoms with Crippen LogP contribution in [0.5, 0.6) is 0 Å². The van der Waals surface area contributed by atoms with Crippen LogP contribution in [-0.2, 0) is 7.05 Å². The molecule has 0 saturated carbocycles. The van der Waals surface area contributed by atoms with Crippen LogP contribution in [0.2, 0.25) is 0 Å². The number of hydrogen-bond acceptors (Lipinski definition) is 6. The maximum Gasteiger partial charge on any atom is 0.257 e. The molecule has 2 aromatic heterocycles. The fourth-order valence-electron chi connectivity index (χ4n) is 2.72. The summed E-state index contributed by atoms with van der Waals surface area (Å²) in [6.07, 6.45) is 3.39. The number of hydrogen-bond donors (Lipinski definition) is 0. The van der Waals surface area contributed by atoms with E-state index in [-0.39, 0.29) is 11.9 Å². The monoisotopic (exact) mass is 334 g/mol. The van der Waals surface area contributed by atoms with Gasteiger partial charge in [0.15, 0.2) is 0 Å². The first-order chi connectivity index (χ1) is 11.0. The van der Waals surface area contributed by atoms with Gasteiger partial charge in [0.25, 0.3) is 5.91 Å². The minimum Gasteiger partial charge on any atom is -0.343 e. The van der Waals surface area contributed by atoms with E-state index in [4.69, 9.17) is 0 Å². The Labute approximate surface area is 140 Å². The second-order valence-corrected chi connectivity index (χ2v) is 7.02. The van der Waals surface area contributed by atoms with Gasteiger partial charge in [-0.15, -0.1) is 0 Å². The third-order valence-corrected chi connectivity index (χ3v) is 4.85. The van der Waals surface area contributed by atoms with Crippen LogP contribution >= 0.6 is 11.5 Å². The van der Waals surface area contributed by atoms with E-state index in [0.29, 0.717) is 18.0 Å². The standard InChI is InChI=1S/C15H22N6OS/c1-10(2)13-17-15(23-18-13)20-5-6-21(11(3)8-20)14(22)12-7-16-19(4)9-12/h7,9-11H,5-6,8H2,1-4H3. The van der Waals surface area contributed by atoms with Gasteiger partial charge in [0.05, 0.1) is 11.8 Å². The van der Waals surface area contributed by atoms with E-state index in [2.05, 4.69) is 40.1 Å². The summed E-state index contributed by atoms with van der Waals surface area (Å²) in [6, 6.07) is 0.128. The van der Waals surface area contributed by atoms with Crippen molar-refractivity contribution in [3.8, 4) is 0 Å². The SMILES string of the molecule is CC(C)c1nsc(N2CCN(C(=O)c3cnn(C)c3)C(C)C2)n1. The summed E-state index contributed by atoms with van der Waals surface area (Å²) >= 11 is 1.44. The molecule has 1 fully saturated rings. The molecule has 1 aliphatic rings. The molecule has 0 radical (unpaired) electrons. The summed E-state index contributed by atoms with van der Waals surface area (Å²) < 4.78 is 6.07. The molecule has 0 N–H and O–H groups in total. The number of anilines is 1. The lowest BCUT2D eigenvalue weighted by Crippen LogP contribution is -2.54. The zero-order valence-corrected chi connectivity index (χ0v) is 14.7. The number of aromatic nitrogens is 4. The van der Waals surface area contributed by atoms with Crippen LogP contribution in [-0.4, -0.2) is 55.6 Å². The molecule has 1 aliphatic heterocycles. The highest BCUT2D eigenvalue weighted by molar-refractivity contribution is 7.09. The molecular formula is C15H22N6OS. The highest BCUT2D eigenvalue weighted by Gasteiger charge is 2.30. The first-order valence-electron chi connectivity index (χ1n) is 7.84. The van der Waals surface area contributed by atoms with Gasteiger partial charge in [-0.3, -0.25) is 9.48 Å². The van der Waals surface area contributed by atoms with E-state index in [1.54, 1.807) is 17.1 Å². The van der Waals surface area contributed by atoms with Gasteiger partial charge in [0.2, 0.25) is 5.13 Å². The second kappa shape index (κ2) is 6.27. The highest BCUT2D eigenvalue weighted by atomic mass is 32.1. The molecule has 3 rings (SSSR count). The van der Waals surface area contributed by atoms with Gasteiger partial charge in [-0.1, -0.05) is 13.8 Å². The molecule has 2 aromatic rings. The van der Waals surface area contributed by atoms with Crippen LogP contribution in [0.4, 0.5) is 5.13 Å². The summed E-state index contributed by atoms with van der Waals surface area (Å²) in [6.45, 7) is 8.51. The van der Waals surface area contributed by atoms with Gasteiger partial charge >= 0.3 is 0 Å². The van der Waals surface area contributed by atoms with Gasteiger partial charge in [0.1, 0.15) is 5.82 Å². The van der Waals surface area contributed by atoms with Crippen molar-refractivity contribution in [1.29, 1.82) is 0 Å². The van der Waals surface area contributed by atoms with Crippen molar-refractivity contribution in [1.82, 2.24) is 24.0 Å². The van der Waals surface area contributed by atoms with Crippen LogP contribution in [0.15, 0.2) is 12.4 Å². The highest BCUT2D eigenvalue weighted by Crippen LogP contribution is 2.24. The molecule has 0 aliphatic carbocycles. The quantitative estimate of drug-likeness (QED) is 0.855. The van der Waals surface area contributed by atoms with Gasteiger partial charge < -0.3 is 9.80 Å². The Morgan fingerprint density at radius 2 is 2.17 bits per heavy atom. The first-order valence-corrected chi connectivity index (χ1v) is 8.61. The van der Waals surface area contributed by atoms with Crippen LogP contribution in [0.1, 0.15) is 42.9 Å². The number of aryl methyl sites for hydroxylation is 1. The van der Waals surface area contributed by atoms with E-state index in [1.807, 2.05) is 11.9 Å². The van der Waals surface area contributed by atoms with Crippen LogP contribution in [0.3, 0.4) is 0 Å². The molecule has 1 atom stereocenters. The average molecular weight is 334 g/mol. The Kier molecular flexibility index (Phi) is 4.34. The molecule has 3 heterocycles. The zero-order valence-electron chi connectivity index (χ0n) is 13.9. The predicted octanol–water partition coefficient (Wildman–Crippen LogP) is 1.75. The molecule has 0 aromatic carbocycles. The fraction of sp³-hybridized carbons (Fsp3) is 0.600. The molecule has 124 valence electrons. The van der Waals surface area contributed by atoms with E-state index in [0.717, 1.165) is 24.0 Å². The van der Waals surface area contributed by atoms with Crippen molar-refractivity contribution in [2.45, 2.75) is 32.7 Å². The summed E-state index contributed by atoms with van der Waals surface area (Å²) in [5.74, 6) is 1.28. The van der Waals surface area contributed by atoms with Gasteiger partial charge in [-0.05, 0) is 6.92 Å². The third kappa shape index (κ3) is 3.21. The Bertz CT molecular complexity index is 694. The third-order valence-electron chi connectivity index (χ3n) is 4.06. The molecule has 0 spiro atoms. The largest absolute Gasteiger partial charge is 0.343 e. The smallest absolute Gasteiger partial charge is 0.257 e. The number of carbonyl (C=O) groups excluding carboxylic acids is 1. The molecular weight excluding hydrogens is 312 g/mol. The Balaban J connectivity index is 1.68. The topological polar surface area (TPSA) is 67.2 Å². The minimum absolute atomic E-state index is 0.0467. The number of piperazine rings is 1. The summed E-state index contributed by atoms with van der Waals surface area (Å²) in [7, 11) is 1.82. The molecule has 1 unspecified atom stereocenters. The van der Waals surface area contributed by atoms with Crippen molar-refractivity contribution >= 4 is 22.6 Å².